The molecule has 0 saturated carbocycles. The number of amides is 1. The number of nitro benzene ring substituents is 1. The van der Waals surface area contributed by atoms with Crippen LogP contribution >= 0.6 is 11.6 Å². The molecule has 112 valence electrons. The minimum Gasteiger partial charge on any atom is -0.273 e. The van der Waals surface area contributed by atoms with Crippen LogP contribution in [-0.2, 0) is 11.2 Å². The van der Waals surface area contributed by atoms with Gasteiger partial charge in [-0.15, -0.1) is 0 Å². The molecule has 0 aromatic heterocycles. The molecule has 6 nitrogen and oxygen atoms in total. The molecule has 0 aliphatic carbocycles. The lowest BCUT2D eigenvalue weighted by atomic mass is 10.1. The summed E-state index contributed by atoms with van der Waals surface area (Å²) >= 11 is 5.83. The van der Waals surface area contributed by atoms with Crippen LogP contribution in [0.4, 0.5) is 5.69 Å². The highest BCUT2D eigenvalue weighted by atomic mass is 35.5. The van der Waals surface area contributed by atoms with E-state index in [1.807, 2.05) is 0 Å². The monoisotopic (exact) mass is 317 g/mol. The third-order valence-corrected chi connectivity index (χ3v) is 3.03. The van der Waals surface area contributed by atoms with Gasteiger partial charge in [-0.05, 0) is 17.7 Å². The Kier molecular flexibility index (Phi) is 5.21. The standard InChI is InChI=1S/C15H12ClN3O3/c16-13-6-3-4-11(8-13)10-17-18-15(20)9-12-5-1-2-7-14(12)19(21)22/h1-8,10H,9H2,(H,18,20)/b17-10+. The molecule has 0 aliphatic heterocycles. The van der Waals surface area contributed by atoms with E-state index in [9.17, 15) is 14.9 Å². The van der Waals surface area contributed by atoms with Crippen molar-refractivity contribution in [2.45, 2.75) is 6.42 Å². The zero-order valence-corrected chi connectivity index (χ0v) is 12.2. The molecule has 0 unspecified atom stereocenters. The van der Waals surface area contributed by atoms with E-state index in [0.29, 0.717) is 10.6 Å². The molecule has 0 bridgehead atoms. The first-order valence-corrected chi connectivity index (χ1v) is 6.74. The van der Waals surface area contributed by atoms with E-state index in [4.69, 9.17) is 11.6 Å². The van der Waals surface area contributed by atoms with Crippen molar-refractivity contribution in [1.82, 2.24) is 5.43 Å². The van der Waals surface area contributed by atoms with Gasteiger partial charge in [0.05, 0.1) is 17.6 Å². The molecule has 1 amide bonds. The lowest BCUT2D eigenvalue weighted by Gasteiger charge is -2.02. The Morgan fingerprint density at radius 2 is 2.05 bits per heavy atom. The Labute approximate surface area is 131 Å². The predicted octanol–water partition coefficient (Wildman–Crippen LogP) is 2.94. The minimum absolute atomic E-state index is 0.0866. The van der Waals surface area contributed by atoms with Crippen molar-refractivity contribution >= 4 is 29.4 Å². The fourth-order valence-electron chi connectivity index (χ4n) is 1.82. The molecule has 0 spiro atoms. The van der Waals surface area contributed by atoms with Gasteiger partial charge in [-0.3, -0.25) is 14.9 Å². The second kappa shape index (κ2) is 7.33. The molecular weight excluding hydrogens is 306 g/mol. The summed E-state index contributed by atoms with van der Waals surface area (Å²) in [5, 5.41) is 15.2. The number of hydrazone groups is 1. The summed E-state index contributed by atoms with van der Waals surface area (Å²) in [7, 11) is 0. The quantitative estimate of drug-likeness (QED) is 0.522. The van der Waals surface area contributed by atoms with Gasteiger partial charge in [0.15, 0.2) is 0 Å². The fourth-order valence-corrected chi connectivity index (χ4v) is 2.02. The fraction of sp³-hybridized carbons (Fsp3) is 0.0667. The van der Waals surface area contributed by atoms with Crippen LogP contribution in [0.15, 0.2) is 53.6 Å². The van der Waals surface area contributed by atoms with E-state index in [1.165, 1.54) is 12.3 Å². The van der Waals surface area contributed by atoms with Crippen LogP contribution in [0.3, 0.4) is 0 Å². The number of nitro groups is 1. The van der Waals surface area contributed by atoms with E-state index in [1.54, 1.807) is 42.5 Å². The van der Waals surface area contributed by atoms with Crippen molar-refractivity contribution in [2.24, 2.45) is 5.10 Å². The molecule has 0 fully saturated rings. The van der Waals surface area contributed by atoms with Gasteiger partial charge in [-0.2, -0.15) is 5.10 Å². The number of hydrogen-bond donors (Lipinski definition) is 1. The summed E-state index contributed by atoms with van der Waals surface area (Å²) in [5.74, 6) is -0.437. The zero-order valence-electron chi connectivity index (χ0n) is 11.4. The van der Waals surface area contributed by atoms with Crippen molar-refractivity contribution in [3.8, 4) is 0 Å². The van der Waals surface area contributed by atoms with Gasteiger partial charge >= 0.3 is 0 Å². The molecule has 0 aliphatic rings. The average molecular weight is 318 g/mol. The molecule has 0 atom stereocenters. The van der Waals surface area contributed by atoms with Gasteiger partial charge in [0, 0.05) is 16.7 Å². The summed E-state index contributed by atoms with van der Waals surface area (Å²) < 4.78 is 0. The van der Waals surface area contributed by atoms with Crippen molar-refractivity contribution in [1.29, 1.82) is 0 Å². The van der Waals surface area contributed by atoms with Gasteiger partial charge in [0.25, 0.3) is 5.69 Å². The third kappa shape index (κ3) is 4.39. The van der Waals surface area contributed by atoms with Crippen LogP contribution in [0.1, 0.15) is 11.1 Å². The highest BCUT2D eigenvalue weighted by molar-refractivity contribution is 6.30. The summed E-state index contributed by atoms with van der Waals surface area (Å²) in [6.45, 7) is 0. The molecular formula is C15H12ClN3O3. The first-order valence-electron chi connectivity index (χ1n) is 6.36. The molecule has 2 rings (SSSR count). The lowest BCUT2D eigenvalue weighted by Crippen LogP contribution is -2.20. The second-order valence-electron chi connectivity index (χ2n) is 4.41. The number of carbonyl (C=O) groups is 1. The Bertz CT molecular complexity index is 731. The lowest BCUT2D eigenvalue weighted by molar-refractivity contribution is -0.385. The molecule has 2 aromatic rings. The predicted molar refractivity (Wildman–Crippen MR) is 84.0 cm³/mol. The summed E-state index contributed by atoms with van der Waals surface area (Å²) in [5.41, 5.74) is 3.31. The summed E-state index contributed by atoms with van der Waals surface area (Å²) in [6, 6.07) is 13.1. The van der Waals surface area contributed by atoms with Crippen molar-refractivity contribution in [3.05, 3.63) is 74.8 Å². The zero-order chi connectivity index (χ0) is 15.9. The Hall–Kier alpha value is -2.73. The largest absolute Gasteiger partial charge is 0.273 e. The first-order chi connectivity index (χ1) is 10.6. The maximum absolute atomic E-state index is 11.8. The molecule has 22 heavy (non-hydrogen) atoms. The van der Waals surface area contributed by atoms with E-state index < -0.39 is 10.8 Å². The van der Waals surface area contributed by atoms with Crippen LogP contribution < -0.4 is 5.43 Å². The third-order valence-electron chi connectivity index (χ3n) is 2.79. The number of hydrogen-bond acceptors (Lipinski definition) is 4. The number of para-hydroxylation sites is 1. The van der Waals surface area contributed by atoms with E-state index >= 15 is 0 Å². The van der Waals surface area contributed by atoms with Crippen LogP contribution in [0.2, 0.25) is 5.02 Å². The maximum Gasteiger partial charge on any atom is 0.273 e. The Morgan fingerprint density at radius 3 is 2.77 bits per heavy atom. The summed E-state index contributed by atoms with van der Waals surface area (Å²) in [6.07, 6.45) is 1.33. The van der Waals surface area contributed by atoms with Gasteiger partial charge in [0.2, 0.25) is 5.91 Å². The van der Waals surface area contributed by atoms with Crippen LogP contribution in [0.5, 0.6) is 0 Å². The molecule has 2 aromatic carbocycles. The molecule has 0 radical (unpaired) electrons. The molecule has 0 heterocycles. The van der Waals surface area contributed by atoms with Crippen molar-refractivity contribution < 1.29 is 9.72 Å². The van der Waals surface area contributed by atoms with E-state index in [0.717, 1.165) is 5.56 Å². The van der Waals surface area contributed by atoms with Gasteiger partial charge in [-0.25, -0.2) is 5.43 Å². The number of halogens is 1. The molecule has 0 saturated heterocycles. The van der Waals surface area contributed by atoms with Crippen LogP contribution in [0, 0.1) is 10.1 Å². The van der Waals surface area contributed by atoms with Crippen molar-refractivity contribution in [3.63, 3.8) is 0 Å². The highest BCUT2D eigenvalue weighted by Crippen LogP contribution is 2.17. The Morgan fingerprint density at radius 1 is 1.27 bits per heavy atom. The van der Waals surface area contributed by atoms with E-state index in [2.05, 4.69) is 10.5 Å². The van der Waals surface area contributed by atoms with Crippen molar-refractivity contribution in [2.75, 3.05) is 0 Å². The average Bonchev–Trinajstić information content (AvgIpc) is 2.47. The molecule has 1 N–H and O–H groups in total. The maximum atomic E-state index is 11.8. The number of carbonyl (C=O) groups excluding carboxylic acids is 1. The highest BCUT2D eigenvalue weighted by Gasteiger charge is 2.14. The van der Waals surface area contributed by atoms with Crippen LogP contribution in [0.25, 0.3) is 0 Å². The number of nitrogens with zero attached hydrogens (tertiary/aromatic N) is 2. The minimum atomic E-state index is -0.516. The molecule has 7 heteroatoms. The smallest absolute Gasteiger partial charge is 0.273 e. The van der Waals surface area contributed by atoms with Gasteiger partial charge < -0.3 is 0 Å². The summed E-state index contributed by atoms with van der Waals surface area (Å²) in [4.78, 5) is 22.1. The topological polar surface area (TPSA) is 84.6 Å². The Balaban J connectivity index is 1.98. The number of rotatable bonds is 5. The van der Waals surface area contributed by atoms with E-state index in [-0.39, 0.29) is 12.1 Å². The number of benzene rings is 2. The van der Waals surface area contributed by atoms with Gasteiger partial charge in [0.1, 0.15) is 0 Å². The first kappa shape index (κ1) is 15.7. The second-order valence-corrected chi connectivity index (χ2v) is 4.85. The number of nitrogens with one attached hydrogen (secondary N) is 1. The normalized spacial score (nSPS) is 10.6. The van der Waals surface area contributed by atoms with Crippen LogP contribution in [-0.4, -0.2) is 17.0 Å². The SMILES string of the molecule is O=C(Cc1ccccc1[N+](=O)[O-])N/N=C/c1cccc(Cl)c1. The van der Waals surface area contributed by atoms with Gasteiger partial charge in [-0.1, -0.05) is 41.9 Å².